The number of benzene rings is 2. The summed E-state index contributed by atoms with van der Waals surface area (Å²) in [5.74, 6) is 1.13. The topological polar surface area (TPSA) is 54.7 Å². The molecule has 2 aromatic heterocycles. The summed E-state index contributed by atoms with van der Waals surface area (Å²) in [6, 6.07) is 18.4. The van der Waals surface area contributed by atoms with E-state index in [-0.39, 0.29) is 0 Å². The molecule has 24 heavy (non-hydrogen) atoms. The maximum Gasteiger partial charge on any atom is 0.249 e. The highest BCUT2D eigenvalue weighted by Gasteiger charge is 2.23. The Kier molecular flexibility index (Phi) is 2.88. The lowest BCUT2D eigenvalue weighted by Crippen LogP contribution is -2.03. The van der Waals surface area contributed by atoms with E-state index in [2.05, 4.69) is 39.4 Å². The van der Waals surface area contributed by atoms with Crippen molar-refractivity contribution < 1.29 is 4.42 Å². The Morgan fingerprint density at radius 3 is 2.50 bits per heavy atom. The highest BCUT2D eigenvalue weighted by atomic mass is 16.4. The van der Waals surface area contributed by atoms with Crippen molar-refractivity contribution in [1.29, 1.82) is 0 Å². The summed E-state index contributed by atoms with van der Waals surface area (Å²) < 4.78 is 5.93. The Labute approximate surface area is 139 Å². The molecule has 116 valence electrons. The number of aryl methyl sites for hydroxylation is 1. The van der Waals surface area contributed by atoms with Gasteiger partial charge < -0.3 is 9.40 Å². The third kappa shape index (κ3) is 2.00. The van der Waals surface area contributed by atoms with Gasteiger partial charge in [0.05, 0.1) is 5.56 Å². The first-order chi connectivity index (χ1) is 11.9. The van der Waals surface area contributed by atoms with Gasteiger partial charge in [-0.3, -0.25) is 0 Å². The van der Waals surface area contributed by atoms with Crippen LogP contribution in [0.25, 0.3) is 34.2 Å². The monoisotopic (exact) mass is 313 g/mol. The lowest BCUT2D eigenvalue weighted by atomic mass is 9.89. The first-order valence-corrected chi connectivity index (χ1v) is 8.08. The van der Waals surface area contributed by atoms with Gasteiger partial charge in [0.25, 0.3) is 0 Å². The van der Waals surface area contributed by atoms with Gasteiger partial charge in [-0.05, 0) is 36.1 Å². The lowest BCUT2D eigenvalue weighted by Gasteiger charge is -2.16. The Morgan fingerprint density at radius 2 is 1.58 bits per heavy atom. The Balaban J connectivity index is 1.59. The summed E-state index contributed by atoms with van der Waals surface area (Å²) in [6.45, 7) is 0. The molecule has 0 fully saturated rings. The Hall–Kier alpha value is -3.14. The van der Waals surface area contributed by atoms with Gasteiger partial charge in [0.2, 0.25) is 11.8 Å². The summed E-state index contributed by atoms with van der Waals surface area (Å²) in [5, 5.41) is 8.47. The second kappa shape index (κ2) is 5.20. The largest absolute Gasteiger partial charge is 0.416 e. The van der Waals surface area contributed by atoms with E-state index >= 15 is 0 Å². The first kappa shape index (κ1) is 13.3. The summed E-state index contributed by atoms with van der Waals surface area (Å²) >= 11 is 0. The molecule has 1 aliphatic rings. The molecular weight excluding hydrogens is 298 g/mol. The number of aromatic nitrogens is 3. The maximum atomic E-state index is 5.93. The van der Waals surface area contributed by atoms with Crippen molar-refractivity contribution in [3.05, 3.63) is 71.9 Å². The van der Waals surface area contributed by atoms with Crippen molar-refractivity contribution in [2.24, 2.45) is 0 Å². The van der Waals surface area contributed by atoms with Crippen LogP contribution in [0.4, 0.5) is 0 Å². The minimum Gasteiger partial charge on any atom is -0.416 e. The second-order valence-electron chi connectivity index (χ2n) is 5.99. The van der Waals surface area contributed by atoms with Gasteiger partial charge in [-0.25, -0.2) is 0 Å². The number of aromatic amines is 1. The zero-order valence-electron chi connectivity index (χ0n) is 13.0. The predicted octanol–water partition coefficient (Wildman–Crippen LogP) is 4.50. The van der Waals surface area contributed by atoms with Gasteiger partial charge in [0.1, 0.15) is 0 Å². The van der Waals surface area contributed by atoms with E-state index in [9.17, 15) is 0 Å². The van der Waals surface area contributed by atoms with Crippen molar-refractivity contribution in [3.8, 4) is 34.2 Å². The summed E-state index contributed by atoms with van der Waals surface area (Å²) in [5.41, 5.74) is 7.03. The number of hydrogen-bond acceptors (Lipinski definition) is 3. The van der Waals surface area contributed by atoms with Gasteiger partial charge in [-0.1, -0.05) is 42.5 Å². The molecule has 0 saturated heterocycles. The molecule has 4 heteroatoms. The van der Waals surface area contributed by atoms with E-state index < -0.39 is 0 Å². The molecule has 2 aromatic carbocycles. The predicted molar refractivity (Wildman–Crippen MR) is 92.4 cm³/mol. The average molecular weight is 313 g/mol. The third-order valence-electron chi connectivity index (χ3n) is 4.59. The molecule has 2 heterocycles. The minimum atomic E-state index is 0.553. The van der Waals surface area contributed by atoms with E-state index in [1.165, 1.54) is 22.4 Å². The van der Waals surface area contributed by atoms with Crippen LogP contribution in [-0.4, -0.2) is 15.2 Å². The molecule has 1 aliphatic carbocycles. The number of nitrogens with one attached hydrogen (secondary N) is 1. The van der Waals surface area contributed by atoms with Crippen molar-refractivity contribution >= 4 is 0 Å². The number of nitrogens with zero attached hydrogens (tertiary/aromatic N) is 2. The molecule has 4 nitrogen and oxygen atoms in total. The third-order valence-corrected chi connectivity index (χ3v) is 4.59. The molecular formula is C20H15N3O. The summed E-state index contributed by atoms with van der Waals surface area (Å²) in [7, 11) is 0. The number of hydrogen-bond donors (Lipinski definition) is 1. The smallest absolute Gasteiger partial charge is 0.249 e. The Bertz CT molecular complexity index is 1010. The van der Waals surface area contributed by atoms with E-state index in [4.69, 9.17) is 4.42 Å². The van der Waals surface area contributed by atoms with E-state index in [1.54, 1.807) is 0 Å². The van der Waals surface area contributed by atoms with Crippen molar-refractivity contribution in [3.63, 3.8) is 0 Å². The molecule has 0 aliphatic heterocycles. The fourth-order valence-corrected chi connectivity index (χ4v) is 3.42. The van der Waals surface area contributed by atoms with Crippen LogP contribution in [0, 0.1) is 0 Å². The van der Waals surface area contributed by atoms with Crippen molar-refractivity contribution in [2.45, 2.75) is 12.8 Å². The van der Waals surface area contributed by atoms with Crippen LogP contribution >= 0.6 is 0 Å². The van der Waals surface area contributed by atoms with Crippen molar-refractivity contribution in [2.75, 3.05) is 0 Å². The molecule has 5 rings (SSSR count). The van der Waals surface area contributed by atoms with Crippen LogP contribution in [0.2, 0.25) is 0 Å². The molecule has 0 atom stereocenters. The van der Waals surface area contributed by atoms with Gasteiger partial charge in [-0.15, -0.1) is 10.2 Å². The minimum absolute atomic E-state index is 0.553. The highest BCUT2D eigenvalue weighted by Crippen LogP contribution is 2.38. The molecule has 1 N–H and O–H groups in total. The average Bonchev–Trinajstić information content (AvgIpc) is 3.29. The quantitative estimate of drug-likeness (QED) is 0.593. The van der Waals surface area contributed by atoms with E-state index in [0.717, 1.165) is 24.0 Å². The first-order valence-electron chi connectivity index (χ1n) is 8.08. The summed E-state index contributed by atoms with van der Waals surface area (Å²) in [6.07, 6.45) is 4.00. The van der Waals surface area contributed by atoms with Crippen molar-refractivity contribution in [1.82, 2.24) is 15.2 Å². The fraction of sp³-hybridized carbons (Fsp3) is 0.100. The van der Waals surface area contributed by atoms with E-state index in [0.29, 0.717) is 11.8 Å². The standard InChI is InChI=1S/C20H15N3O/c1-2-7-14(8-3-1)19-22-23-20(24-19)17-12-21-18-15-9-5-4-6-13(15)10-11-16(17)18/h1-9,12,21H,10-11H2. The maximum absolute atomic E-state index is 5.93. The highest BCUT2D eigenvalue weighted by molar-refractivity contribution is 5.77. The second-order valence-corrected chi connectivity index (χ2v) is 5.99. The van der Waals surface area contributed by atoms with Gasteiger partial charge in [0, 0.05) is 23.0 Å². The van der Waals surface area contributed by atoms with Crippen LogP contribution in [-0.2, 0) is 12.8 Å². The molecule has 0 unspecified atom stereocenters. The lowest BCUT2D eigenvalue weighted by molar-refractivity contribution is 0.584. The summed E-state index contributed by atoms with van der Waals surface area (Å²) in [4.78, 5) is 3.40. The van der Waals surface area contributed by atoms with Gasteiger partial charge in [-0.2, -0.15) is 0 Å². The van der Waals surface area contributed by atoms with Crippen LogP contribution in [0.5, 0.6) is 0 Å². The molecule has 4 aromatic rings. The van der Waals surface area contributed by atoms with Crippen LogP contribution in [0.1, 0.15) is 11.1 Å². The molecule has 0 radical (unpaired) electrons. The molecule has 0 bridgehead atoms. The number of fused-ring (bicyclic) bond motifs is 3. The zero-order valence-corrected chi connectivity index (χ0v) is 13.0. The molecule has 0 amide bonds. The number of rotatable bonds is 2. The fourth-order valence-electron chi connectivity index (χ4n) is 3.42. The number of H-pyrrole nitrogens is 1. The van der Waals surface area contributed by atoms with Crippen LogP contribution in [0.3, 0.4) is 0 Å². The Morgan fingerprint density at radius 1 is 0.792 bits per heavy atom. The zero-order chi connectivity index (χ0) is 15.9. The molecule has 0 spiro atoms. The van der Waals surface area contributed by atoms with Gasteiger partial charge >= 0.3 is 0 Å². The van der Waals surface area contributed by atoms with Crippen LogP contribution in [0.15, 0.2) is 65.2 Å². The van der Waals surface area contributed by atoms with Crippen LogP contribution < -0.4 is 0 Å². The van der Waals surface area contributed by atoms with Gasteiger partial charge in [0.15, 0.2) is 0 Å². The SMILES string of the molecule is c1ccc(-c2nnc(-c3c[nH]c4c3CCc3ccccc3-4)o2)cc1. The molecule has 0 saturated carbocycles. The normalized spacial score (nSPS) is 12.7. The van der Waals surface area contributed by atoms with E-state index in [1.807, 2.05) is 36.5 Å².